The number of nitro benzene ring substituents is 1. The number of halogens is 1. The summed E-state index contributed by atoms with van der Waals surface area (Å²) in [5.74, 6) is 0. The predicted molar refractivity (Wildman–Crippen MR) is 78.1 cm³/mol. The number of ether oxygens (including phenoxy) is 1. The average molecular weight is 343 g/mol. The lowest BCUT2D eigenvalue weighted by molar-refractivity contribution is -0.384. The molecule has 0 N–H and O–H groups in total. The minimum atomic E-state index is -0.635. The molecule has 0 spiro atoms. The van der Waals surface area contributed by atoms with Crippen molar-refractivity contribution >= 4 is 33.4 Å². The van der Waals surface area contributed by atoms with Gasteiger partial charge in [-0.15, -0.1) is 0 Å². The fourth-order valence-electron chi connectivity index (χ4n) is 2.12. The van der Waals surface area contributed by atoms with E-state index in [1.165, 1.54) is 11.0 Å². The molecule has 1 aromatic carbocycles. The molecule has 2 rings (SSSR count). The van der Waals surface area contributed by atoms with Crippen molar-refractivity contribution in [2.75, 3.05) is 11.4 Å². The number of hydrogen-bond donors (Lipinski definition) is 0. The van der Waals surface area contributed by atoms with Gasteiger partial charge in [-0.25, -0.2) is 4.79 Å². The van der Waals surface area contributed by atoms with E-state index in [2.05, 4.69) is 15.9 Å². The fourth-order valence-corrected chi connectivity index (χ4v) is 2.62. The number of anilines is 1. The lowest BCUT2D eigenvalue weighted by Gasteiger charge is -2.24. The first-order chi connectivity index (χ1) is 9.19. The lowest BCUT2D eigenvalue weighted by atomic mass is 10.1. The maximum absolute atomic E-state index is 12.2. The van der Waals surface area contributed by atoms with Crippen molar-refractivity contribution in [1.29, 1.82) is 0 Å². The molecule has 0 fully saturated rings. The highest BCUT2D eigenvalue weighted by atomic mass is 79.9. The first-order valence-electron chi connectivity index (χ1n) is 6.16. The first-order valence-corrected chi connectivity index (χ1v) is 6.95. The Hall–Kier alpha value is -1.63. The molecule has 6 nitrogen and oxygen atoms in total. The molecule has 20 heavy (non-hydrogen) atoms. The van der Waals surface area contributed by atoms with Crippen molar-refractivity contribution in [1.82, 2.24) is 0 Å². The van der Waals surface area contributed by atoms with Crippen LogP contribution in [-0.4, -0.2) is 23.2 Å². The summed E-state index contributed by atoms with van der Waals surface area (Å²) in [6, 6.07) is 3.20. The van der Waals surface area contributed by atoms with Crippen LogP contribution < -0.4 is 4.90 Å². The van der Waals surface area contributed by atoms with Crippen LogP contribution in [-0.2, 0) is 11.2 Å². The van der Waals surface area contributed by atoms with Gasteiger partial charge in [0.1, 0.15) is 11.3 Å². The Morgan fingerprint density at radius 2 is 2.10 bits per heavy atom. The minimum absolute atomic E-state index is 0.0854. The summed E-state index contributed by atoms with van der Waals surface area (Å²) in [5, 5.41) is 11.2. The van der Waals surface area contributed by atoms with E-state index in [4.69, 9.17) is 4.74 Å². The van der Waals surface area contributed by atoms with Crippen LogP contribution in [0.4, 0.5) is 16.2 Å². The monoisotopic (exact) mass is 342 g/mol. The molecule has 0 saturated heterocycles. The Kier molecular flexibility index (Phi) is 3.73. The van der Waals surface area contributed by atoms with Crippen molar-refractivity contribution in [3.63, 3.8) is 0 Å². The molecule has 1 aliphatic heterocycles. The van der Waals surface area contributed by atoms with Gasteiger partial charge in [0.15, 0.2) is 0 Å². The van der Waals surface area contributed by atoms with E-state index in [-0.39, 0.29) is 5.69 Å². The SMILES string of the molecule is CC(C)(C)OC(=O)N1CCc2cc(Br)cc([N+](=O)[O-])c21. The van der Waals surface area contributed by atoms with Crippen molar-refractivity contribution in [2.24, 2.45) is 0 Å². The summed E-state index contributed by atoms with van der Waals surface area (Å²) < 4.78 is 5.93. The molecule has 1 aromatic rings. The Morgan fingerprint density at radius 1 is 1.45 bits per heavy atom. The van der Waals surface area contributed by atoms with Crippen LogP contribution in [0.1, 0.15) is 26.3 Å². The molecular weight excluding hydrogens is 328 g/mol. The summed E-state index contributed by atoms with van der Waals surface area (Å²) in [5.41, 5.74) is 0.395. The van der Waals surface area contributed by atoms with Gasteiger partial charge in [0, 0.05) is 17.1 Å². The Morgan fingerprint density at radius 3 is 2.65 bits per heavy atom. The summed E-state index contributed by atoms with van der Waals surface area (Å²) >= 11 is 3.25. The van der Waals surface area contributed by atoms with Crippen molar-refractivity contribution in [3.8, 4) is 0 Å². The van der Waals surface area contributed by atoms with Crippen LogP contribution in [0.5, 0.6) is 0 Å². The van der Waals surface area contributed by atoms with Gasteiger partial charge in [-0.3, -0.25) is 15.0 Å². The molecule has 0 unspecified atom stereocenters. The quantitative estimate of drug-likeness (QED) is 0.576. The predicted octanol–water partition coefficient (Wildman–Crippen LogP) is 3.65. The number of hydrogen-bond acceptors (Lipinski definition) is 4. The third-order valence-electron chi connectivity index (χ3n) is 2.82. The summed E-state index contributed by atoms with van der Waals surface area (Å²) in [6.45, 7) is 5.68. The molecule has 7 heteroatoms. The van der Waals surface area contributed by atoms with E-state index in [9.17, 15) is 14.9 Å². The number of carbonyl (C=O) groups is 1. The molecule has 0 bridgehead atoms. The molecule has 1 amide bonds. The Bertz CT molecular complexity index is 580. The average Bonchev–Trinajstić information content (AvgIpc) is 2.68. The molecular formula is C13H15BrN2O4. The summed E-state index contributed by atoms with van der Waals surface area (Å²) in [7, 11) is 0. The third kappa shape index (κ3) is 2.92. The molecule has 0 atom stereocenters. The van der Waals surface area contributed by atoms with Gasteiger partial charge in [-0.05, 0) is 38.8 Å². The second-order valence-corrected chi connectivity index (χ2v) is 6.49. The smallest absolute Gasteiger partial charge is 0.415 e. The number of rotatable bonds is 1. The van der Waals surface area contributed by atoms with E-state index in [1.807, 2.05) is 0 Å². The van der Waals surface area contributed by atoms with E-state index in [0.29, 0.717) is 23.1 Å². The molecule has 0 radical (unpaired) electrons. The van der Waals surface area contributed by atoms with E-state index >= 15 is 0 Å². The van der Waals surface area contributed by atoms with Crippen LogP contribution in [0.2, 0.25) is 0 Å². The Labute approximate surface area is 125 Å². The van der Waals surface area contributed by atoms with Gasteiger partial charge in [0.2, 0.25) is 0 Å². The standard InChI is InChI=1S/C13H15BrN2O4/c1-13(2,3)20-12(17)15-5-4-8-6-9(14)7-10(11(8)15)16(18)19/h6-7H,4-5H2,1-3H3. The van der Waals surface area contributed by atoms with Gasteiger partial charge in [-0.2, -0.15) is 0 Å². The highest BCUT2D eigenvalue weighted by Gasteiger charge is 2.35. The van der Waals surface area contributed by atoms with Crippen molar-refractivity contribution in [2.45, 2.75) is 32.8 Å². The number of benzene rings is 1. The summed E-state index contributed by atoms with van der Waals surface area (Å²) in [6.07, 6.45) is 0.0242. The van der Waals surface area contributed by atoms with Crippen LogP contribution in [0.25, 0.3) is 0 Å². The Balaban J connectivity index is 2.41. The highest BCUT2D eigenvalue weighted by molar-refractivity contribution is 9.10. The molecule has 0 aromatic heterocycles. The van der Waals surface area contributed by atoms with Crippen molar-refractivity contribution < 1.29 is 14.5 Å². The maximum Gasteiger partial charge on any atom is 0.415 e. The highest BCUT2D eigenvalue weighted by Crippen LogP contribution is 2.40. The molecule has 1 aliphatic rings. The van der Waals surface area contributed by atoms with Crippen molar-refractivity contribution in [3.05, 3.63) is 32.3 Å². The second kappa shape index (κ2) is 5.05. The van der Waals surface area contributed by atoms with E-state index < -0.39 is 16.6 Å². The van der Waals surface area contributed by atoms with E-state index in [0.717, 1.165) is 5.56 Å². The normalized spacial score (nSPS) is 14.1. The van der Waals surface area contributed by atoms with Gasteiger partial charge in [0.25, 0.3) is 5.69 Å². The number of fused-ring (bicyclic) bond motifs is 1. The number of nitro groups is 1. The van der Waals surface area contributed by atoms with Crippen LogP contribution >= 0.6 is 15.9 Å². The van der Waals surface area contributed by atoms with Crippen LogP contribution in [0.15, 0.2) is 16.6 Å². The molecule has 0 saturated carbocycles. The largest absolute Gasteiger partial charge is 0.443 e. The minimum Gasteiger partial charge on any atom is -0.443 e. The van der Waals surface area contributed by atoms with Gasteiger partial charge in [-0.1, -0.05) is 15.9 Å². The molecule has 1 heterocycles. The maximum atomic E-state index is 12.2. The zero-order valence-electron chi connectivity index (χ0n) is 11.5. The molecule has 108 valence electrons. The van der Waals surface area contributed by atoms with Gasteiger partial charge >= 0.3 is 6.09 Å². The van der Waals surface area contributed by atoms with Crippen LogP contribution in [0, 0.1) is 10.1 Å². The zero-order chi connectivity index (χ0) is 15.1. The number of amides is 1. The lowest BCUT2D eigenvalue weighted by Crippen LogP contribution is -2.36. The zero-order valence-corrected chi connectivity index (χ0v) is 13.1. The number of carbonyl (C=O) groups excluding carboxylic acids is 1. The molecule has 0 aliphatic carbocycles. The summed E-state index contributed by atoms with van der Waals surface area (Å²) in [4.78, 5) is 24.2. The fraction of sp³-hybridized carbons (Fsp3) is 0.462. The van der Waals surface area contributed by atoms with Gasteiger partial charge < -0.3 is 4.74 Å². The third-order valence-corrected chi connectivity index (χ3v) is 3.28. The van der Waals surface area contributed by atoms with E-state index in [1.54, 1.807) is 26.8 Å². The topological polar surface area (TPSA) is 72.7 Å². The van der Waals surface area contributed by atoms with Gasteiger partial charge in [0.05, 0.1) is 4.92 Å². The number of nitrogens with zero attached hydrogens (tertiary/aromatic N) is 2. The first kappa shape index (κ1) is 14.8. The second-order valence-electron chi connectivity index (χ2n) is 5.57. The van der Waals surface area contributed by atoms with Crippen LogP contribution in [0.3, 0.4) is 0 Å².